The zero-order chi connectivity index (χ0) is 16.4. The Morgan fingerprint density at radius 1 is 1.04 bits per heavy atom. The summed E-state index contributed by atoms with van der Waals surface area (Å²) in [6.07, 6.45) is -4.57. The van der Waals surface area contributed by atoms with Crippen LogP contribution >= 0.6 is 0 Å². The standard InChI is InChI=1S/C14H10F3N5O/c15-14(16,17)11-8-9(6-7-12(11)18)22-20-13(19-21-22)23-10-4-2-1-3-5-10/h1-8H,18H2. The van der Waals surface area contributed by atoms with Crippen LogP contribution in [-0.2, 0) is 6.18 Å². The number of tetrazole rings is 1. The minimum absolute atomic E-state index is 0.0712. The fourth-order valence-electron chi connectivity index (χ4n) is 1.86. The van der Waals surface area contributed by atoms with Crippen molar-refractivity contribution in [3.8, 4) is 17.4 Å². The second-order valence-corrected chi connectivity index (χ2v) is 4.55. The maximum absolute atomic E-state index is 12.9. The van der Waals surface area contributed by atoms with Crippen LogP contribution in [0.4, 0.5) is 18.9 Å². The molecule has 118 valence electrons. The van der Waals surface area contributed by atoms with Gasteiger partial charge in [0.2, 0.25) is 0 Å². The molecule has 0 amide bonds. The highest BCUT2D eigenvalue weighted by atomic mass is 19.4. The smallest absolute Gasteiger partial charge is 0.418 e. The van der Waals surface area contributed by atoms with Gasteiger partial charge in [-0.1, -0.05) is 28.4 Å². The van der Waals surface area contributed by atoms with Gasteiger partial charge < -0.3 is 10.5 Å². The van der Waals surface area contributed by atoms with Gasteiger partial charge in [-0.25, -0.2) is 0 Å². The minimum Gasteiger partial charge on any atom is -0.422 e. The molecule has 0 saturated carbocycles. The quantitative estimate of drug-likeness (QED) is 0.750. The number of rotatable bonds is 3. The lowest BCUT2D eigenvalue weighted by Crippen LogP contribution is -2.10. The summed E-state index contributed by atoms with van der Waals surface area (Å²) in [7, 11) is 0. The number of hydrogen-bond donors (Lipinski definition) is 1. The van der Waals surface area contributed by atoms with Gasteiger partial charge in [-0.3, -0.25) is 0 Å². The third-order valence-corrected chi connectivity index (χ3v) is 2.92. The van der Waals surface area contributed by atoms with Gasteiger partial charge in [0.25, 0.3) is 0 Å². The summed E-state index contributed by atoms with van der Waals surface area (Å²) < 4.78 is 43.9. The molecule has 0 atom stereocenters. The topological polar surface area (TPSA) is 78.9 Å². The van der Waals surface area contributed by atoms with E-state index >= 15 is 0 Å². The molecule has 0 aliphatic rings. The van der Waals surface area contributed by atoms with Crippen molar-refractivity contribution in [3.63, 3.8) is 0 Å². The van der Waals surface area contributed by atoms with Crippen LogP contribution in [0.2, 0.25) is 0 Å². The molecule has 1 aromatic heterocycles. The third-order valence-electron chi connectivity index (χ3n) is 2.92. The highest BCUT2D eigenvalue weighted by molar-refractivity contribution is 5.53. The zero-order valence-corrected chi connectivity index (χ0v) is 11.5. The predicted molar refractivity (Wildman–Crippen MR) is 75.1 cm³/mol. The molecule has 9 heteroatoms. The van der Waals surface area contributed by atoms with Crippen molar-refractivity contribution in [2.75, 3.05) is 5.73 Å². The number of alkyl halides is 3. The van der Waals surface area contributed by atoms with Crippen LogP contribution in [0.3, 0.4) is 0 Å². The van der Waals surface area contributed by atoms with E-state index in [0.717, 1.165) is 16.9 Å². The van der Waals surface area contributed by atoms with E-state index in [1.807, 2.05) is 6.07 Å². The average molecular weight is 321 g/mol. The summed E-state index contributed by atoms with van der Waals surface area (Å²) in [6.45, 7) is 0. The maximum Gasteiger partial charge on any atom is 0.418 e. The maximum atomic E-state index is 12.9. The molecule has 0 fully saturated rings. The molecule has 3 rings (SSSR count). The molecule has 2 N–H and O–H groups in total. The molecule has 2 aromatic carbocycles. The van der Waals surface area contributed by atoms with Gasteiger partial charge in [-0.2, -0.15) is 13.2 Å². The molecule has 0 radical (unpaired) electrons. The Labute approximate surface area is 128 Å². The Morgan fingerprint density at radius 2 is 1.78 bits per heavy atom. The van der Waals surface area contributed by atoms with Gasteiger partial charge in [0.05, 0.1) is 11.3 Å². The number of nitrogens with two attached hydrogens (primary N) is 1. The van der Waals surface area contributed by atoms with Gasteiger partial charge >= 0.3 is 12.2 Å². The Hall–Kier alpha value is -3.10. The van der Waals surface area contributed by atoms with Gasteiger partial charge in [0.1, 0.15) is 5.75 Å². The van der Waals surface area contributed by atoms with Crippen molar-refractivity contribution >= 4 is 5.69 Å². The number of anilines is 1. The summed E-state index contributed by atoms with van der Waals surface area (Å²) in [5, 5.41) is 11.2. The first-order valence-electron chi connectivity index (χ1n) is 6.43. The lowest BCUT2D eigenvalue weighted by molar-refractivity contribution is -0.136. The first-order chi connectivity index (χ1) is 10.9. The number of ether oxygens (including phenoxy) is 1. The fraction of sp³-hybridized carbons (Fsp3) is 0.0714. The highest BCUT2D eigenvalue weighted by Crippen LogP contribution is 2.34. The number of benzene rings is 2. The molecule has 0 saturated heterocycles. The molecule has 6 nitrogen and oxygen atoms in total. The molecule has 0 aliphatic carbocycles. The van der Waals surface area contributed by atoms with Crippen molar-refractivity contribution in [1.82, 2.24) is 20.2 Å². The third kappa shape index (κ3) is 3.23. The second-order valence-electron chi connectivity index (χ2n) is 4.55. The molecule has 23 heavy (non-hydrogen) atoms. The van der Waals surface area contributed by atoms with Crippen molar-refractivity contribution < 1.29 is 17.9 Å². The molecule has 0 spiro atoms. The van der Waals surface area contributed by atoms with Crippen molar-refractivity contribution in [2.45, 2.75) is 6.18 Å². The second kappa shape index (κ2) is 5.59. The van der Waals surface area contributed by atoms with E-state index in [-0.39, 0.29) is 17.4 Å². The SMILES string of the molecule is Nc1ccc(-n2nnc(Oc3ccccc3)n2)cc1C(F)(F)F. The molecule has 0 bridgehead atoms. The van der Waals surface area contributed by atoms with E-state index in [9.17, 15) is 13.2 Å². The number of hydrogen-bond acceptors (Lipinski definition) is 5. The van der Waals surface area contributed by atoms with E-state index in [0.29, 0.717) is 5.75 Å². The highest BCUT2D eigenvalue weighted by Gasteiger charge is 2.33. The lowest BCUT2D eigenvalue weighted by atomic mass is 10.1. The van der Waals surface area contributed by atoms with Crippen molar-refractivity contribution in [1.29, 1.82) is 0 Å². The Kier molecular flexibility index (Phi) is 3.61. The van der Waals surface area contributed by atoms with Crippen LogP contribution in [0.1, 0.15) is 5.56 Å². The Morgan fingerprint density at radius 3 is 2.48 bits per heavy atom. The first-order valence-corrected chi connectivity index (χ1v) is 6.43. The van der Waals surface area contributed by atoms with E-state index in [1.54, 1.807) is 24.3 Å². The summed E-state index contributed by atoms with van der Waals surface area (Å²) in [5.41, 5.74) is 4.09. The van der Waals surface area contributed by atoms with E-state index in [1.165, 1.54) is 6.07 Å². The van der Waals surface area contributed by atoms with Gasteiger partial charge in [-0.05, 0) is 35.5 Å². The number of halogens is 3. The number of aromatic nitrogens is 4. The molecule has 1 heterocycles. The van der Waals surface area contributed by atoms with E-state index in [4.69, 9.17) is 10.5 Å². The minimum atomic E-state index is -4.57. The fourth-order valence-corrected chi connectivity index (χ4v) is 1.86. The normalized spacial score (nSPS) is 11.4. The number of nitrogen functional groups attached to an aromatic ring is 1. The predicted octanol–water partition coefficient (Wildman–Crippen LogP) is 3.06. The van der Waals surface area contributed by atoms with E-state index in [2.05, 4.69) is 15.4 Å². The van der Waals surface area contributed by atoms with Gasteiger partial charge in [0, 0.05) is 5.69 Å². The largest absolute Gasteiger partial charge is 0.422 e. The molecule has 0 aliphatic heterocycles. The van der Waals surface area contributed by atoms with Crippen molar-refractivity contribution in [2.24, 2.45) is 0 Å². The van der Waals surface area contributed by atoms with Crippen LogP contribution in [0.5, 0.6) is 11.8 Å². The van der Waals surface area contributed by atoms with Crippen LogP contribution in [-0.4, -0.2) is 20.2 Å². The Bertz CT molecular complexity index is 817. The van der Waals surface area contributed by atoms with Crippen molar-refractivity contribution in [3.05, 3.63) is 54.1 Å². The Balaban J connectivity index is 1.89. The van der Waals surface area contributed by atoms with Crippen LogP contribution < -0.4 is 10.5 Å². The van der Waals surface area contributed by atoms with Crippen LogP contribution in [0.15, 0.2) is 48.5 Å². The monoisotopic (exact) mass is 321 g/mol. The molecule has 0 unspecified atom stereocenters. The van der Waals surface area contributed by atoms with Crippen LogP contribution in [0, 0.1) is 0 Å². The summed E-state index contributed by atoms with van der Waals surface area (Å²) >= 11 is 0. The number of para-hydroxylation sites is 1. The van der Waals surface area contributed by atoms with E-state index < -0.39 is 11.7 Å². The zero-order valence-electron chi connectivity index (χ0n) is 11.5. The van der Waals surface area contributed by atoms with Gasteiger partial charge in [-0.15, -0.1) is 4.80 Å². The summed E-state index contributed by atoms with van der Waals surface area (Å²) in [6, 6.07) is 12.0. The summed E-state index contributed by atoms with van der Waals surface area (Å²) in [5.74, 6) is 0.486. The van der Waals surface area contributed by atoms with Crippen LogP contribution in [0.25, 0.3) is 5.69 Å². The average Bonchev–Trinajstić information content (AvgIpc) is 2.96. The lowest BCUT2D eigenvalue weighted by Gasteiger charge is -2.10. The molecule has 3 aromatic rings. The van der Waals surface area contributed by atoms with Gasteiger partial charge in [0.15, 0.2) is 0 Å². The molecular formula is C14H10F3N5O. The molecular weight excluding hydrogens is 311 g/mol. The summed E-state index contributed by atoms with van der Waals surface area (Å²) in [4.78, 5) is 0.937. The first kappa shape index (κ1) is 14.8. The number of nitrogens with zero attached hydrogens (tertiary/aromatic N) is 4.